The number of pyridine rings is 2. The predicted molar refractivity (Wildman–Crippen MR) is 106 cm³/mol. The summed E-state index contributed by atoms with van der Waals surface area (Å²) in [6.07, 6.45) is 3.99. The number of aromatic nitrogens is 2. The Hall–Kier alpha value is -3.54. The molecule has 0 bridgehead atoms. The van der Waals surface area contributed by atoms with E-state index in [2.05, 4.69) is 15.3 Å². The number of para-hydroxylation sites is 1. The summed E-state index contributed by atoms with van der Waals surface area (Å²) < 4.78 is 0. The van der Waals surface area contributed by atoms with Crippen molar-refractivity contribution >= 4 is 17.5 Å². The van der Waals surface area contributed by atoms with Crippen LogP contribution in [0.3, 0.4) is 0 Å². The maximum absolute atomic E-state index is 13.1. The van der Waals surface area contributed by atoms with Gasteiger partial charge in [0.15, 0.2) is 0 Å². The van der Waals surface area contributed by atoms with Crippen LogP contribution in [0.5, 0.6) is 0 Å². The molecule has 0 saturated heterocycles. The Morgan fingerprint density at radius 3 is 2.71 bits per heavy atom. The average molecular weight is 372 g/mol. The van der Waals surface area contributed by atoms with Gasteiger partial charge in [0.2, 0.25) is 0 Å². The average Bonchev–Trinajstić information content (AvgIpc) is 3.08. The lowest BCUT2D eigenvalue weighted by Gasteiger charge is -2.22. The third-order valence-corrected chi connectivity index (χ3v) is 4.82. The molecule has 6 nitrogen and oxygen atoms in total. The maximum atomic E-state index is 13.1. The van der Waals surface area contributed by atoms with Crippen molar-refractivity contribution in [2.45, 2.75) is 25.9 Å². The molecule has 1 atom stereocenters. The Kier molecular flexibility index (Phi) is 4.85. The van der Waals surface area contributed by atoms with Gasteiger partial charge in [0.25, 0.3) is 11.8 Å². The summed E-state index contributed by atoms with van der Waals surface area (Å²) in [5.74, 6) is -0.464. The molecule has 3 heterocycles. The van der Waals surface area contributed by atoms with Crippen LogP contribution in [0.15, 0.2) is 67.0 Å². The van der Waals surface area contributed by atoms with Gasteiger partial charge in [-0.1, -0.05) is 24.3 Å². The van der Waals surface area contributed by atoms with E-state index in [4.69, 9.17) is 0 Å². The Morgan fingerprint density at radius 1 is 1.07 bits per heavy atom. The minimum atomic E-state index is -0.267. The first kappa shape index (κ1) is 17.9. The number of rotatable bonds is 4. The van der Waals surface area contributed by atoms with Gasteiger partial charge in [-0.15, -0.1) is 0 Å². The van der Waals surface area contributed by atoms with Crippen molar-refractivity contribution < 1.29 is 9.59 Å². The molecule has 1 aliphatic heterocycles. The molecule has 140 valence electrons. The van der Waals surface area contributed by atoms with Crippen LogP contribution in [0.4, 0.5) is 5.69 Å². The molecule has 2 aromatic heterocycles. The summed E-state index contributed by atoms with van der Waals surface area (Å²) in [4.78, 5) is 35.7. The predicted octanol–water partition coefficient (Wildman–Crippen LogP) is 3.00. The van der Waals surface area contributed by atoms with E-state index in [1.807, 2.05) is 49.4 Å². The lowest BCUT2D eigenvalue weighted by molar-refractivity contribution is 0.0950. The number of benzene rings is 1. The van der Waals surface area contributed by atoms with E-state index in [1.54, 1.807) is 23.2 Å². The molecule has 0 spiro atoms. The molecule has 3 aromatic rings. The fraction of sp³-hybridized carbons (Fsp3) is 0.182. The van der Waals surface area contributed by atoms with Crippen LogP contribution < -0.4 is 10.2 Å². The zero-order chi connectivity index (χ0) is 19.5. The molecule has 1 unspecified atom stereocenters. The highest BCUT2D eigenvalue weighted by Gasteiger charge is 2.32. The zero-order valence-electron chi connectivity index (χ0n) is 15.5. The number of anilines is 1. The van der Waals surface area contributed by atoms with Gasteiger partial charge in [-0.2, -0.15) is 0 Å². The second-order valence-corrected chi connectivity index (χ2v) is 6.79. The Morgan fingerprint density at radius 2 is 1.89 bits per heavy atom. The van der Waals surface area contributed by atoms with E-state index in [0.717, 1.165) is 23.4 Å². The van der Waals surface area contributed by atoms with Crippen molar-refractivity contribution in [3.8, 4) is 0 Å². The Labute approximate surface area is 163 Å². The fourth-order valence-corrected chi connectivity index (χ4v) is 3.46. The van der Waals surface area contributed by atoms with Crippen LogP contribution in [0, 0.1) is 0 Å². The third-order valence-electron chi connectivity index (χ3n) is 4.82. The Bertz CT molecular complexity index is 1020. The van der Waals surface area contributed by atoms with Crippen LogP contribution in [0.25, 0.3) is 0 Å². The number of amides is 2. The monoisotopic (exact) mass is 372 g/mol. The summed E-state index contributed by atoms with van der Waals surface area (Å²) in [5, 5.41) is 2.82. The number of hydrogen-bond donors (Lipinski definition) is 1. The second-order valence-electron chi connectivity index (χ2n) is 6.79. The summed E-state index contributed by atoms with van der Waals surface area (Å²) in [7, 11) is 0. The molecule has 28 heavy (non-hydrogen) atoms. The third kappa shape index (κ3) is 3.49. The smallest absolute Gasteiger partial charge is 0.277 e. The molecule has 1 N–H and O–H groups in total. The van der Waals surface area contributed by atoms with Crippen molar-refractivity contribution in [3.63, 3.8) is 0 Å². The van der Waals surface area contributed by atoms with E-state index >= 15 is 0 Å². The van der Waals surface area contributed by atoms with Gasteiger partial charge >= 0.3 is 0 Å². The van der Waals surface area contributed by atoms with Crippen LogP contribution >= 0.6 is 0 Å². The van der Waals surface area contributed by atoms with Gasteiger partial charge in [-0.3, -0.25) is 19.6 Å². The standard InChI is InChI=1S/C22H20N4O2/c1-15-12-16-6-2-3-8-20(16)26(15)22(28)19-13-17(9-11-24-19)21(27)25-14-18-7-4-5-10-23-18/h2-11,13,15H,12,14H2,1H3,(H,25,27). The molecule has 0 saturated carbocycles. The van der Waals surface area contributed by atoms with E-state index in [1.165, 1.54) is 6.20 Å². The molecule has 0 radical (unpaired) electrons. The number of carbonyl (C=O) groups is 2. The van der Waals surface area contributed by atoms with Crippen LogP contribution in [-0.2, 0) is 13.0 Å². The molecule has 1 aliphatic rings. The van der Waals surface area contributed by atoms with E-state index in [0.29, 0.717) is 12.1 Å². The molecule has 0 aliphatic carbocycles. The van der Waals surface area contributed by atoms with Gasteiger partial charge < -0.3 is 10.2 Å². The number of nitrogens with one attached hydrogen (secondary N) is 1. The molecule has 1 aromatic carbocycles. The van der Waals surface area contributed by atoms with Gasteiger partial charge in [-0.05, 0) is 49.2 Å². The second kappa shape index (κ2) is 7.60. The Balaban J connectivity index is 1.52. The molecule has 0 fully saturated rings. The normalized spacial score (nSPS) is 15.2. The highest BCUT2D eigenvalue weighted by atomic mass is 16.2. The van der Waals surface area contributed by atoms with Crippen molar-refractivity contribution in [2.75, 3.05) is 4.90 Å². The van der Waals surface area contributed by atoms with E-state index in [9.17, 15) is 9.59 Å². The summed E-state index contributed by atoms with van der Waals surface area (Å²) in [6, 6.07) is 16.6. The number of carbonyl (C=O) groups excluding carboxylic acids is 2. The molecule has 6 heteroatoms. The summed E-state index contributed by atoms with van der Waals surface area (Å²) in [5.41, 5.74) is 3.48. The minimum Gasteiger partial charge on any atom is -0.346 e. The molecular formula is C22H20N4O2. The van der Waals surface area contributed by atoms with Gasteiger partial charge in [0, 0.05) is 29.7 Å². The highest BCUT2D eigenvalue weighted by Crippen LogP contribution is 2.32. The lowest BCUT2D eigenvalue weighted by atomic mass is 10.1. The first-order chi connectivity index (χ1) is 13.6. The summed E-state index contributed by atoms with van der Waals surface area (Å²) in [6.45, 7) is 2.34. The minimum absolute atomic E-state index is 0.0494. The molecular weight excluding hydrogens is 352 g/mol. The highest BCUT2D eigenvalue weighted by molar-refractivity contribution is 6.07. The fourth-order valence-electron chi connectivity index (χ4n) is 3.46. The number of hydrogen-bond acceptors (Lipinski definition) is 4. The van der Waals surface area contributed by atoms with Gasteiger partial charge in [-0.25, -0.2) is 0 Å². The number of nitrogens with zero attached hydrogens (tertiary/aromatic N) is 3. The van der Waals surface area contributed by atoms with Crippen LogP contribution in [0.1, 0.15) is 39.0 Å². The lowest BCUT2D eigenvalue weighted by Crippen LogP contribution is -2.36. The zero-order valence-corrected chi connectivity index (χ0v) is 15.5. The quantitative estimate of drug-likeness (QED) is 0.764. The van der Waals surface area contributed by atoms with Crippen molar-refractivity contribution in [1.82, 2.24) is 15.3 Å². The summed E-state index contributed by atoms with van der Waals surface area (Å²) >= 11 is 0. The SMILES string of the molecule is CC1Cc2ccccc2N1C(=O)c1cc(C(=O)NCc2ccccn2)ccn1. The van der Waals surface area contributed by atoms with Gasteiger partial charge in [0.05, 0.1) is 12.2 Å². The van der Waals surface area contributed by atoms with Gasteiger partial charge in [0.1, 0.15) is 5.69 Å². The van der Waals surface area contributed by atoms with Crippen LogP contribution in [-0.4, -0.2) is 27.8 Å². The van der Waals surface area contributed by atoms with E-state index in [-0.39, 0.29) is 23.6 Å². The molecule has 4 rings (SSSR count). The van der Waals surface area contributed by atoms with Crippen molar-refractivity contribution in [1.29, 1.82) is 0 Å². The molecule has 2 amide bonds. The first-order valence-corrected chi connectivity index (χ1v) is 9.19. The van der Waals surface area contributed by atoms with Crippen molar-refractivity contribution in [2.24, 2.45) is 0 Å². The van der Waals surface area contributed by atoms with Crippen LogP contribution in [0.2, 0.25) is 0 Å². The van der Waals surface area contributed by atoms with E-state index < -0.39 is 0 Å². The van der Waals surface area contributed by atoms with Crippen molar-refractivity contribution in [3.05, 3.63) is 89.5 Å². The largest absolute Gasteiger partial charge is 0.346 e. The topological polar surface area (TPSA) is 75.2 Å². The maximum Gasteiger partial charge on any atom is 0.277 e. The number of fused-ring (bicyclic) bond motifs is 1. The first-order valence-electron chi connectivity index (χ1n) is 9.19.